The van der Waals surface area contributed by atoms with E-state index in [9.17, 15) is 9.18 Å². The van der Waals surface area contributed by atoms with Crippen LogP contribution in [0.4, 0.5) is 10.1 Å². The van der Waals surface area contributed by atoms with Crippen molar-refractivity contribution in [1.29, 1.82) is 0 Å². The topological polar surface area (TPSA) is 57.8 Å². The third-order valence-electron chi connectivity index (χ3n) is 2.37. The summed E-state index contributed by atoms with van der Waals surface area (Å²) in [5.41, 5.74) is 2.03. The van der Waals surface area contributed by atoms with Gasteiger partial charge in [-0.1, -0.05) is 6.07 Å². The molecule has 1 amide bonds. The van der Waals surface area contributed by atoms with Gasteiger partial charge in [0.15, 0.2) is 5.69 Å². The predicted octanol–water partition coefficient (Wildman–Crippen LogP) is 2.42. The molecule has 0 saturated carbocycles. The zero-order valence-corrected chi connectivity index (χ0v) is 9.54. The molecule has 0 unspecified atom stereocenters. The van der Waals surface area contributed by atoms with E-state index in [2.05, 4.69) is 15.5 Å². The van der Waals surface area contributed by atoms with Gasteiger partial charge in [0.25, 0.3) is 5.91 Å². The number of anilines is 1. The molecule has 17 heavy (non-hydrogen) atoms. The first-order valence-corrected chi connectivity index (χ1v) is 5.16. The molecule has 0 fully saturated rings. The molecule has 0 atom stereocenters. The van der Waals surface area contributed by atoms with Crippen LogP contribution in [0.3, 0.4) is 0 Å². The molecule has 1 aromatic carbocycles. The lowest BCUT2D eigenvalue weighted by Gasteiger charge is -2.04. The summed E-state index contributed by atoms with van der Waals surface area (Å²) < 4.78 is 13.3. The number of H-pyrrole nitrogens is 1. The van der Waals surface area contributed by atoms with Crippen LogP contribution < -0.4 is 5.32 Å². The predicted molar refractivity (Wildman–Crippen MR) is 62.4 cm³/mol. The second-order valence-electron chi connectivity index (χ2n) is 3.85. The van der Waals surface area contributed by atoms with Gasteiger partial charge < -0.3 is 5.32 Å². The number of hydrogen-bond donors (Lipinski definition) is 2. The van der Waals surface area contributed by atoms with Crippen LogP contribution in [-0.2, 0) is 0 Å². The molecule has 1 aromatic heterocycles. The Labute approximate surface area is 97.9 Å². The molecule has 0 saturated heterocycles. The Morgan fingerprint density at radius 2 is 2.12 bits per heavy atom. The van der Waals surface area contributed by atoms with E-state index in [1.165, 1.54) is 6.07 Å². The van der Waals surface area contributed by atoms with Crippen molar-refractivity contribution in [2.75, 3.05) is 5.32 Å². The van der Waals surface area contributed by atoms with E-state index < -0.39 is 0 Å². The zero-order valence-electron chi connectivity index (χ0n) is 9.54. The smallest absolute Gasteiger partial charge is 0.276 e. The summed E-state index contributed by atoms with van der Waals surface area (Å²) in [6.45, 7) is 3.47. The van der Waals surface area contributed by atoms with Gasteiger partial charge in [-0.05, 0) is 37.6 Å². The van der Waals surface area contributed by atoms with E-state index in [0.29, 0.717) is 11.3 Å². The number of nitrogens with one attached hydrogen (secondary N) is 2. The van der Waals surface area contributed by atoms with E-state index >= 15 is 0 Å². The van der Waals surface area contributed by atoms with E-state index in [4.69, 9.17) is 0 Å². The Morgan fingerprint density at radius 3 is 2.71 bits per heavy atom. The number of aromatic nitrogens is 2. The highest BCUT2D eigenvalue weighted by Gasteiger charge is 2.10. The molecule has 0 aliphatic carbocycles. The first kappa shape index (κ1) is 11.3. The van der Waals surface area contributed by atoms with E-state index in [1.54, 1.807) is 32.0 Å². The summed E-state index contributed by atoms with van der Waals surface area (Å²) in [4.78, 5) is 11.7. The maximum absolute atomic E-state index is 13.3. The summed E-state index contributed by atoms with van der Waals surface area (Å²) in [5, 5.41) is 9.07. The lowest BCUT2D eigenvalue weighted by Crippen LogP contribution is -2.12. The summed E-state index contributed by atoms with van der Waals surface area (Å²) in [5.74, 6) is -0.710. The van der Waals surface area contributed by atoms with Crippen molar-refractivity contribution < 1.29 is 9.18 Å². The van der Waals surface area contributed by atoms with Crippen LogP contribution in [0, 0.1) is 19.7 Å². The van der Waals surface area contributed by atoms with Gasteiger partial charge in [-0.15, -0.1) is 0 Å². The van der Waals surface area contributed by atoms with Crippen LogP contribution in [-0.4, -0.2) is 16.1 Å². The number of halogens is 1. The average Bonchev–Trinajstić information content (AvgIpc) is 2.70. The van der Waals surface area contributed by atoms with Crippen LogP contribution in [0.1, 0.15) is 21.7 Å². The minimum absolute atomic E-state index is 0.281. The zero-order chi connectivity index (χ0) is 12.4. The molecule has 2 aromatic rings. The van der Waals surface area contributed by atoms with Crippen LogP contribution in [0.15, 0.2) is 24.3 Å². The normalized spacial score (nSPS) is 10.3. The first-order chi connectivity index (χ1) is 8.06. The number of aromatic amines is 1. The van der Waals surface area contributed by atoms with E-state index in [1.807, 2.05) is 0 Å². The Bertz CT molecular complexity index is 563. The van der Waals surface area contributed by atoms with Gasteiger partial charge in [-0.3, -0.25) is 9.89 Å². The molecular formula is C12H12FN3O. The monoisotopic (exact) mass is 233 g/mol. The fraction of sp³-hybridized carbons (Fsp3) is 0.167. The standard InChI is InChI=1S/C12H12FN3O/c1-7-3-4-9(6-10(7)13)14-12(17)11-5-8(2)15-16-11/h3-6H,1-2H3,(H,14,17)(H,15,16). The third kappa shape index (κ3) is 2.50. The molecule has 2 N–H and O–H groups in total. The molecule has 0 radical (unpaired) electrons. The SMILES string of the molecule is Cc1cc(C(=O)Nc2ccc(C)c(F)c2)n[nH]1. The highest BCUT2D eigenvalue weighted by atomic mass is 19.1. The van der Waals surface area contributed by atoms with Crippen LogP contribution in [0.2, 0.25) is 0 Å². The Balaban J connectivity index is 2.15. The molecule has 88 valence electrons. The Kier molecular flexibility index (Phi) is 2.91. The summed E-state index contributed by atoms with van der Waals surface area (Å²) in [7, 11) is 0. The first-order valence-electron chi connectivity index (χ1n) is 5.16. The lowest BCUT2D eigenvalue weighted by molar-refractivity contribution is 0.102. The fourth-order valence-corrected chi connectivity index (χ4v) is 1.40. The number of carbonyl (C=O) groups is 1. The van der Waals surface area contributed by atoms with Gasteiger partial charge in [-0.25, -0.2) is 4.39 Å². The van der Waals surface area contributed by atoms with E-state index in [0.717, 1.165) is 5.69 Å². The largest absolute Gasteiger partial charge is 0.320 e. The maximum atomic E-state index is 13.3. The number of benzene rings is 1. The second kappa shape index (κ2) is 4.37. The number of amides is 1. The molecule has 0 spiro atoms. The summed E-state index contributed by atoms with van der Waals surface area (Å²) >= 11 is 0. The lowest BCUT2D eigenvalue weighted by atomic mass is 10.2. The molecule has 0 aliphatic heterocycles. The van der Waals surface area contributed by atoms with Gasteiger partial charge in [0, 0.05) is 11.4 Å². The van der Waals surface area contributed by atoms with Crippen molar-refractivity contribution >= 4 is 11.6 Å². The highest BCUT2D eigenvalue weighted by Crippen LogP contribution is 2.14. The third-order valence-corrected chi connectivity index (χ3v) is 2.37. The number of carbonyl (C=O) groups excluding carboxylic acids is 1. The number of aryl methyl sites for hydroxylation is 2. The highest BCUT2D eigenvalue weighted by molar-refractivity contribution is 6.02. The molecule has 5 heteroatoms. The quantitative estimate of drug-likeness (QED) is 0.836. The van der Waals surface area contributed by atoms with Crippen LogP contribution in [0.25, 0.3) is 0 Å². The fourth-order valence-electron chi connectivity index (χ4n) is 1.40. The van der Waals surface area contributed by atoms with Gasteiger partial charge in [-0.2, -0.15) is 5.10 Å². The van der Waals surface area contributed by atoms with Crippen molar-refractivity contribution in [3.05, 3.63) is 47.0 Å². The van der Waals surface area contributed by atoms with Crippen molar-refractivity contribution in [3.63, 3.8) is 0 Å². The maximum Gasteiger partial charge on any atom is 0.276 e. The molecule has 4 nitrogen and oxygen atoms in total. The van der Waals surface area contributed by atoms with Crippen molar-refractivity contribution in [2.45, 2.75) is 13.8 Å². The van der Waals surface area contributed by atoms with Crippen molar-refractivity contribution in [3.8, 4) is 0 Å². The molecular weight excluding hydrogens is 221 g/mol. The minimum atomic E-state index is -0.363. The molecule has 2 rings (SSSR count). The van der Waals surface area contributed by atoms with Gasteiger partial charge in [0.1, 0.15) is 5.82 Å². The van der Waals surface area contributed by atoms with Crippen LogP contribution >= 0.6 is 0 Å². The molecule has 0 aliphatic rings. The average molecular weight is 233 g/mol. The summed E-state index contributed by atoms with van der Waals surface area (Å²) in [6.07, 6.45) is 0. The van der Waals surface area contributed by atoms with Gasteiger partial charge in [0.2, 0.25) is 0 Å². The van der Waals surface area contributed by atoms with Gasteiger partial charge in [0.05, 0.1) is 0 Å². The van der Waals surface area contributed by atoms with Crippen LogP contribution in [0.5, 0.6) is 0 Å². The number of nitrogens with zero attached hydrogens (tertiary/aromatic N) is 1. The number of hydrogen-bond acceptors (Lipinski definition) is 2. The molecule has 0 bridgehead atoms. The van der Waals surface area contributed by atoms with E-state index in [-0.39, 0.29) is 17.4 Å². The summed E-state index contributed by atoms with van der Waals surface area (Å²) in [6, 6.07) is 6.17. The van der Waals surface area contributed by atoms with Gasteiger partial charge >= 0.3 is 0 Å². The molecule has 1 heterocycles. The van der Waals surface area contributed by atoms with Crippen molar-refractivity contribution in [2.24, 2.45) is 0 Å². The number of rotatable bonds is 2. The van der Waals surface area contributed by atoms with Crippen molar-refractivity contribution in [1.82, 2.24) is 10.2 Å². The minimum Gasteiger partial charge on any atom is -0.320 e. The Hall–Kier alpha value is -2.17. The Morgan fingerprint density at radius 1 is 1.35 bits per heavy atom. The second-order valence-corrected chi connectivity index (χ2v) is 3.85.